The van der Waals surface area contributed by atoms with Gasteiger partial charge in [0.2, 0.25) is 0 Å². The molecule has 1 aromatic rings. The van der Waals surface area contributed by atoms with Crippen molar-refractivity contribution in [1.82, 2.24) is 10.6 Å². The minimum Gasteiger partial charge on any atom is -0.497 e. The topological polar surface area (TPSA) is 67.4 Å². The van der Waals surface area contributed by atoms with Crippen molar-refractivity contribution in [3.05, 3.63) is 24.3 Å². The van der Waals surface area contributed by atoms with E-state index in [1.807, 2.05) is 6.07 Å². The number of hydrogen-bond donors (Lipinski definition) is 2. The SMILES string of the molecule is CCNC(=NCCCOCC1CCOCC1)NC1CCCN(c2cccc(OC)c2)C1.I. The number of aliphatic imine (C=N–C) groups is 1. The van der Waals surface area contributed by atoms with E-state index in [1.54, 1.807) is 7.11 Å². The van der Waals surface area contributed by atoms with Gasteiger partial charge in [-0.1, -0.05) is 6.07 Å². The molecule has 8 heteroatoms. The molecular formula is C24H41IN4O3. The lowest BCUT2D eigenvalue weighted by atomic mass is 10.0. The lowest BCUT2D eigenvalue weighted by Crippen LogP contribution is -2.51. The van der Waals surface area contributed by atoms with Crippen LogP contribution < -0.4 is 20.3 Å². The maximum atomic E-state index is 5.86. The molecule has 182 valence electrons. The second-order valence-corrected chi connectivity index (χ2v) is 8.38. The van der Waals surface area contributed by atoms with Crippen LogP contribution in [0.25, 0.3) is 0 Å². The summed E-state index contributed by atoms with van der Waals surface area (Å²) in [5.41, 5.74) is 1.22. The molecule has 0 saturated carbocycles. The first-order valence-electron chi connectivity index (χ1n) is 11.9. The predicted octanol–water partition coefficient (Wildman–Crippen LogP) is 3.67. The number of ether oxygens (including phenoxy) is 3. The molecule has 1 atom stereocenters. The highest BCUT2D eigenvalue weighted by Gasteiger charge is 2.21. The molecular weight excluding hydrogens is 519 g/mol. The molecule has 2 aliphatic rings. The Labute approximate surface area is 210 Å². The molecule has 1 unspecified atom stereocenters. The van der Waals surface area contributed by atoms with Crippen LogP contribution in [0.5, 0.6) is 5.75 Å². The minimum absolute atomic E-state index is 0. The van der Waals surface area contributed by atoms with E-state index in [4.69, 9.17) is 19.2 Å². The summed E-state index contributed by atoms with van der Waals surface area (Å²) in [6, 6.07) is 8.70. The summed E-state index contributed by atoms with van der Waals surface area (Å²) in [6.07, 6.45) is 5.51. The van der Waals surface area contributed by atoms with Gasteiger partial charge in [0.15, 0.2) is 5.96 Å². The summed E-state index contributed by atoms with van der Waals surface area (Å²) in [5.74, 6) is 2.47. The van der Waals surface area contributed by atoms with Crippen LogP contribution in [0.1, 0.15) is 39.0 Å². The number of guanidine groups is 1. The first kappa shape index (κ1) is 27.0. The van der Waals surface area contributed by atoms with Crippen LogP contribution in [0.2, 0.25) is 0 Å². The van der Waals surface area contributed by atoms with Gasteiger partial charge in [-0.05, 0) is 57.1 Å². The molecule has 7 nitrogen and oxygen atoms in total. The van der Waals surface area contributed by atoms with E-state index in [9.17, 15) is 0 Å². The molecule has 0 radical (unpaired) electrons. The van der Waals surface area contributed by atoms with Crippen LogP contribution in [0.4, 0.5) is 5.69 Å². The Morgan fingerprint density at radius 2 is 2.09 bits per heavy atom. The normalized spacial score (nSPS) is 19.9. The van der Waals surface area contributed by atoms with Crippen molar-refractivity contribution in [1.29, 1.82) is 0 Å². The van der Waals surface area contributed by atoms with Gasteiger partial charge in [-0.3, -0.25) is 4.99 Å². The number of hydrogen-bond acceptors (Lipinski definition) is 5. The number of piperidine rings is 1. The van der Waals surface area contributed by atoms with Crippen molar-refractivity contribution >= 4 is 35.6 Å². The van der Waals surface area contributed by atoms with Gasteiger partial charge in [-0.15, -0.1) is 24.0 Å². The Kier molecular flexibility index (Phi) is 13.1. The highest BCUT2D eigenvalue weighted by atomic mass is 127. The number of halogens is 1. The highest BCUT2D eigenvalue weighted by Crippen LogP contribution is 2.24. The standard InChI is InChI=1S/C24H40N4O3.HI/c1-3-25-24(26-12-6-14-31-19-20-10-15-30-16-11-20)27-21-7-5-13-28(18-21)22-8-4-9-23(17-22)29-2;/h4,8-9,17,20-21H,3,5-7,10-16,18-19H2,1-2H3,(H2,25,26,27);1H. The second-order valence-electron chi connectivity index (χ2n) is 8.38. The van der Waals surface area contributed by atoms with Gasteiger partial charge in [0.1, 0.15) is 5.75 Å². The number of anilines is 1. The van der Waals surface area contributed by atoms with Crippen molar-refractivity contribution < 1.29 is 14.2 Å². The summed E-state index contributed by atoms with van der Waals surface area (Å²) in [4.78, 5) is 7.20. The lowest BCUT2D eigenvalue weighted by Gasteiger charge is -2.35. The van der Waals surface area contributed by atoms with Crippen LogP contribution >= 0.6 is 24.0 Å². The maximum absolute atomic E-state index is 5.86. The molecule has 0 aliphatic carbocycles. The van der Waals surface area contributed by atoms with Crippen molar-refractivity contribution in [2.45, 2.75) is 45.1 Å². The van der Waals surface area contributed by atoms with E-state index in [1.165, 1.54) is 5.69 Å². The number of nitrogens with one attached hydrogen (secondary N) is 2. The molecule has 0 aromatic heterocycles. The average molecular weight is 561 g/mol. The largest absolute Gasteiger partial charge is 0.497 e. The average Bonchev–Trinajstić information content (AvgIpc) is 2.82. The summed E-state index contributed by atoms with van der Waals surface area (Å²) >= 11 is 0. The molecule has 2 fully saturated rings. The van der Waals surface area contributed by atoms with E-state index in [-0.39, 0.29) is 24.0 Å². The summed E-state index contributed by atoms with van der Waals surface area (Å²) in [6.45, 7) is 9.17. The molecule has 0 spiro atoms. The zero-order chi connectivity index (χ0) is 21.7. The van der Waals surface area contributed by atoms with Gasteiger partial charge >= 0.3 is 0 Å². The second kappa shape index (κ2) is 15.6. The Morgan fingerprint density at radius 3 is 2.88 bits per heavy atom. The third-order valence-electron chi connectivity index (χ3n) is 5.94. The molecule has 32 heavy (non-hydrogen) atoms. The third kappa shape index (κ3) is 9.31. The Morgan fingerprint density at radius 1 is 1.25 bits per heavy atom. The van der Waals surface area contributed by atoms with Crippen molar-refractivity contribution in [3.8, 4) is 5.75 Å². The fraction of sp³-hybridized carbons (Fsp3) is 0.708. The molecule has 0 bridgehead atoms. The summed E-state index contributed by atoms with van der Waals surface area (Å²) in [5, 5.41) is 7.03. The van der Waals surface area contributed by atoms with Crippen LogP contribution in [-0.2, 0) is 9.47 Å². The Balaban J connectivity index is 0.00000363. The van der Waals surface area contributed by atoms with Crippen molar-refractivity contribution in [2.75, 3.05) is 64.6 Å². The number of rotatable bonds is 10. The molecule has 2 heterocycles. The zero-order valence-corrected chi connectivity index (χ0v) is 22.0. The number of methoxy groups -OCH3 is 1. The lowest BCUT2D eigenvalue weighted by molar-refractivity contribution is 0.0205. The third-order valence-corrected chi connectivity index (χ3v) is 5.94. The molecule has 1 aromatic carbocycles. The van der Waals surface area contributed by atoms with Crippen LogP contribution in [0, 0.1) is 5.92 Å². The minimum atomic E-state index is 0. The van der Waals surface area contributed by atoms with Gasteiger partial charge < -0.3 is 29.7 Å². The maximum Gasteiger partial charge on any atom is 0.191 e. The fourth-order valence-electron chi connectivity index (χ4n) is 4.17. The van der Waals surface area contributed by atoms with Crippen LogP contribution in [-0.4, -0.2) is 71.7 Å². The van der Waals surface area contributed by atoms with Gasteiger partial charge in [-0.2, -0.15) is 0 Å². The quantitative estimate of drug-likeness (QED) is 0.197. The van der Waals surface area contributed by atoms with Gasteiger partial charge in [0.05, 0.1) is 7.11 Å². The first-order chi connectivity index (χ1) is 15.3. The zero-order valence-electron chi connectivity index (χ0n) is 19.7. The van der Waals surface area contributed by atoms with Gasteiger partial charge in [0.25, 0.3) is 0 Å². The van der Waals surface area contributed by atoms with Gasteiger partial charge in [0, 0.05) is 70.4 Å². The van der Waals surface area contributed by atoms with E-state index in [0.29, 0.717) is 12.0 Å². The molecule has 2 saturated heterocycles. The number of nitrogens with zero attached hydrogens (tertiary/aromatic N) is 2. The van der Waals surface area contributed by atoms with E-state index < -0.39 is 0 Å². The van der Waals surface area contributed by atoms with Gasteiger partial charge in [-0.25, -0.2) is 0 Å². The summed E-state index contributed by atoms with van der Waals surface area (Å²) < 4.78 is 16.7. The van der Waals surface area contributed by atoms with E-state index >= 15 is 0 Å². The van der Waals surface area contributed by atoms with Crippen LogP contribution in [0.3, 0.4) is 0 Å². The molecule has 2 aliphatic heterocycles. The monoisotopic (exact) mass is 560 g/mol. The Hall–Kier alpha value is -1.26. The summed E-state index contributed by atoms with van der Waals surface area (Å²) in [7, 11) is 1.72. The highest BCUT2D eigenvalue weighted by molar-refractivity contribution is 14.0. The van der Waals surface area contributed by atoms with Crippen LogP contribution in [0.15, 0.2) is 29.3 Å². The molecule has 3 rings (SSSR count). The molecule has 0 amide bonds. The fourth-order valence-corrected chi connectivity index (χ4v) is 4.17. The van der Waals surface area contributed by atoms with Crippen molar-refractivity contribution in [3.63, 3.8) is 0 Å². The number of benzene rings is 1. The van der Waals surface area contributed by atoms with E-state index in [2.05, 4.69) is 40.7 Å². The predicted molar refractivity (Wildman–Crippen MR) is 142 cm³/mol. The molecule has 2 N–H and O–H groups in total. The van der Waals surface area contributed by atoms with Crippen molar-refractivity contribution in [2.24, 2.45) is 10.9 Å². The smallest absolute Gasteiger partial charge is 0.191 e. The Bertz CT molecular complexity index is 670. The first-order valence-corrected chi connectivity index (χ1v) is 11.9. The van der Waals surface area contributed by atoms with E-state index in [0.717, 1.165) is 96.4 Å².